The van der Waals surface area contributed by atoms with E-state index in [4.69, 9.17) is 0 Å². The molecule has 2 aromatic heterocycles. The molecule has 4 rings (SSSR count). The van der Waals surface area contributed by atoms with Crippen LogP contribution in [-0.2, 0) is 14.8 Å². The molecule has 1 amide bonds. The molecule has 2 aromatic carbocycles. The molecular weight excluding hydrogens is 432 g/mol. The second kappa shape index (κ2) is 8.37. The van der Waals surface area contributed by atoms with Crippen molar-refractivity contribution in [3.05, 3.63) is 77.7 Å². The largest absolute Gasteiger partial charge is 0.326 e. The number of carbonyl (C=O) groups excluding carboxylic acids is 1. The van der Waals surface area contributed by atoms with Gasteiger partial charge in [0.2, 0.25) is 5.91 Å². The molecule has 0 aliphatic carbocycles. The average molecular weight is 453 g/mol. The van der Waals surface area contributed by atoms with E-state index >= 15 is 0 Å². The van der Waals surface area contributed by atoms with Crippen LogP contribution in [0.1, 0.15) is 12.5 Å². The Labute approximate surface area is 184 Å². The highest BCUT2D eigenvalue weighted by Crippen LogP contribution is 2.30. The minimum absolute atomic E-state index is 0.0804. The number of para-hydroxylation sites is 1. The predicted octanol–water partition coefficient (Wildman–Crippen LogP) is 4.67. The van der Waals surface area contributed by atoms with Crippen LogP contribution in [0.3, 0.4) is 0 Å². The van der Waals surface area contributed by atoms with E-state index < -0.39 is 10.0 Å². The maximum atomic E-state index is 13.1. The monoisotopic (exact) mass is 452 g/mol. The van der Waals surface area contributed by atoms with E-state index in [1.165, 1.54) is 30.4 Å². The number of nitrogens with one attached hydrogen (secondary N) is 2. The fourth-order valence-electron chi connectivity index (χ4n) is 3.10. The molecule has 9 heteroatoms. The molecule has 4 aromatic rings. The lowest BCUT2D eigenvalue weighted by Gasteiger charge is -2.12. The van der Waals surface area contributed by atoms with E-state index in [-0.39, 0.29) is 10.8 Å². The number of aryl methyl sites for hydroxylation is 1. The Hall–Kier alpha value is -3.43. The number of anilines is 2. The van der Waals surface area contributed by atoms with Gasteiger partial charge >= 0.3 is 0 Å². The molecule has 7 nitrogen and oxygen atoms in total. The van der Waals surface area contributed by atoms with Gasteiger partial charge in [-0.15, -0.1) is 11.3 Å². The zero-order valence-electron chi connectivity index (χ0n) is 16.9. The lowest BCUT2D eigenvalue weighted by atomic mass is 10.2. The second-order valence-corrected chi connectivity index (χ2v) is 9.53. The Balaban J connectivity index is 1.73. The van der Waals surface area contributed by atoms with Crippen LogP contribution in [0, 0.1) is 6.92 Å². The molecule has 0 aliphatic rings. The highest BCUT2D eigenvalue weighted by molar-refractivity contribution is 7.92. The molecule has 31 heavy (non-hydrogen) atoms. The van der Waals surface area contributed by atoms with Crippen LogP contribution in [0.4, 0.5) is 11.5 Å². The summed E-state index contributed by atoms with van der Waals surface area (Å²) in [4.78, 5) is 12.2. The van der Waals surface area contributed by atoms with Gasteiger partial charge < -0.3 is 5.32 Å². The molecule has 0 radical (unpaired) electrons. The first-order valence-corrected chi connectivity index (χ1v) is 11.8. The van der Waals surface area contributed by atoms with Gasteiger partial charge in [-0.1, -0.05) is 24.3 Å². The summed E-state index contributed by atoms with van der Waals surface area (Å²) in [6, 6.07) is 19.2. The van der Waals surface area contributed by atoms with Crippen molar-refractivity contribution in [1.82, 2.24) is 9.78 Å². The SMILES string of the molecule is CC(=O)Nc1ccc(S(=O)(=O)Nc2cc(-c3cccs3)nn2-c2ccccc2C)cc1. The Morgan fingerprint density at radius 2 is 1.77 bits per heavy atom. The number of sulfonamides is 1. The van der Waals surface area contributed by atoms with Crippen molar-refractivity contribution in [2.75, 3.05) is 10.0 Å². The zero-order valence-corrected chi connectivity index (χ0v) is 18.5. The van der Waals surface area contributed by atoms with Crippen LogP contribution < -0.4 is 10.0 Å². The number of carbonyl (C=O) groups is 1. The maximum absolute atomic E-state index is 13.1. The van der Waals surface area contributed by atoms with E-state index in [0.717, 1.165) is 16.1 Å². The lowest BCUT2D eigenvalue weighted by Crippen LogP contribution is -2.16. The third-order valence-corrected chi connectivity index (χ3v) is 6.81. The van der Waals surface area contributed by atoms with Crippen LogP contribution in [0.5, 0.6) is 0 Å². The first-order valence-electron chi connectivity index (χ1n) is 9.44. The van der Waals surface area contributed by atoms with Crippen molar-refractivity contribution in [2.24, 2.45) is 0 Å². The summed E-state index contributed by atoms with van der Waals surface area (Å²) in [6.07, 6.45) is 0. The van der Waals surface area contributed by atoms with Gasteiger partial charge in [0.25, 0.3) is 10.0 Å². The molecule has 2 N–H and O–H groups in total. The molecule has 0 spiro atoms. The van der Waals surface area contributed by atoms with Gasteiger partial charge in [-0.05, 0) is 54.3 Å². The number of benzene rings is 2. The van der Waals surface area contributed by atoms with Crippen LogP contribution in [0.2, 0.25) is 0 Å². The van der Waals surface area contributed by atoms with Gasteiger partial charge in [0.15, 0.2) is 0 Å². The van der Waals surface area contributed by atoms with Crippen LogP contribution in [0.25, 0.3) is 16.3 Å². The van der Waals surface area contributed by atoms with E-state index in [9.17, 15) is 13.2 Å². The number of aromatic nitrogens is 2. The number of nitrogens with zero attached hydrogens (tertiary/aromatic N) is 2. The van der Waals surface area contributed by atoms with Crippen molar-refractivity contribution in [2.45, 2.75) is 18.7 Å². The number of hydrogen-bond acceptors (Lipinski definition) is 5. The van der Waals surface area contributed by atoms with Crippen LogP contribution in [-0.4, -0.2) is 24.1 Å². The number of rotatable bonds is 6. The van der Waals surface area contributed by atoms with Crippen LogP contribution >= 0.6 is 11.3 Å². The molecule has 0 fully saturated rings. The van der Waals surface area contributed by atoms with Crippen molar-refractivity contribution in [1.29, 1.82) is 0 Å². The van der Waals surface area contributed by atoms with E-state index in [2.05, 4.69) is 15.1 Å². The summed E-state index contributed by atoms with van der Waals surface area (Å²) in [6.45, 7) is 3.34. The molecular formula is C22H20N4O3S2. The van der Waals surface area contributed by atoms with Crippen molar-refractivity contribution in [3.63, 3.8) is 0 Å². The molecule has 0 atom stereocenters. The van der Waals surface area contributed by atoms with Gasteiger partial charge in [-0.3, -0.25) is 9.52 Å². The van der Waals surface area contributed by atoms with Gasteiger partial charge in [0, 0.05) is 18.7 Å². The van der Waals surface area contributed by atoms with Crippen molar-refractivity contribution >= 4 is 38.8 Å². The molecule has 0 aliphatic heterocycles. The van der Waals surface area contributed by atoms with Crippen LogP contribution in [0.15, 0.2) is 77.0 Å². The number of thiophene rings is 1. The predicted molar refractivity (Wildman–Crippen MR) is 123 cm³/mol. The standard InChI is InChI=1S/C22H20N4O3S2/c1-15-6-3-4-7-20(15)26-22(14-19(24-26)21-8-5-13-30-21)25-31(28,29)18-11-9-17(10-12-18)23-16(2)27/h3-14,25H,1-2H3,(H,23,27). The minimum Gasteiger partial charge on any atom is -0.326 e. The second-order valence-electron chi connectivity index (χ2n) is 6.90. The smallest absolute Gasteiger partial charge is 0.263 e. The summed E-state index contributed by atoms with van der Waals surface area (Å²) in [5.74, 6) is 0.112. The zero-order chi connectivity index (χ0) is 22.0. The number of amides is 1. The fraction of sp³-hybridized carbons (Fsp3) is 0.0909. The Morgan fingerprint density at radius 1 is 1.03 bits per heavy atom. The third-order valence-electron chi connectivity index (χ3n) is 4.55. The number of hydrogen-bond donors (Lipinski definition) is 2. The van der Waals surface area contributed by atoms with E-state index in [1.54, 1.807) is 22.9 Å². The lowest BCUT2D eigenvalue weighted by molar-refractivity contribution is -0.114. The van der Waals surface area contributed by atoms with Gasteiger partial charge in [0.1, 0.15) is 11.5 Å². The normalized spacial score (nSPS) is 11.3. The topological polar surface area (TPSA) is 93.1 Å². The third kappa shape index (κ3) is 4.52. The quantitative estimate of drug-likeness (QED) is 0.445. The molecule has 0 bridgehead atoms. The van der Waals surface area contributed by atoms with E-state index in [0.29, 0.717) is 17.2 Å². The molecule has 0 saturated heterocycles. The first kappa shape index (κ1) is 20.8. The van der Waals surface area contributed by atoms with Gasteiger partial charge in [-0.2, -0.15) is 5.10 Å². The summed E-state index contributed by atoms with van der Waals surface area (Å²) in [5.41, 5.74) is 2.95. The summed E-state index contributed by atoms with van der Waals surface area (Å²) in [7, 11) is -3.88. The molecule has 158 valence electrons. The van der Waals surface area contributed by atoms with Gasteiger partial charge in [-0.25, -0.2) is 13.1 Å². The minimum atomic E-state index is -3.88. The molecule has 0 unspecified atom stereocenters. The Bertz CT molecular complexity index is 1330. The van der Waals surface area contributed by atoms with E-state index in [1.807, 2.05) is 48.7 Å². The first-order chi connectivity index (χ1) is 14.8. The summed E-state index contributed by atoms with van der Waals surface area (Å²) in [5, 5.41) is 9.23. The average Bonchev–Trinajstić information content (AvgIpc) is 3.38. The fourth-order valence-corrected chi connectivity index (χ4v) is 4.81. The van der Waals surface area contributed by atoms with Crippen molar-refractivity contribution in [3.8, 4) is 16.3 Å². The highest BCUT2D eigenvalue weighted by atomic mass is 32.2. The Kier molecular flexibility index (Phi) is 5.62. The Morgan fingerprint density at radius 3 is 2.42 bits per heavy atom. The summed E-state index contributed by atoms with van der Waals surface area (Å²) >= 11 is 1.53. The summed E-state index contributed by atoms with van der Waals surface area (Å²) < 4.78 is 30.4. The van der Waals surface area contributed by atoms with Crippen molar-refractivity contribution < 1.29 is 13.2 Å². The van der Waals surface area contributed by atoms with Gasteiger partial charge in [0.05, 0.1) is 15.5 Å². The highest BCUT2D eigenvalue weighted by Gasteiger charge is 2.20. The molecule has 2 heterocycles. The molecule has 0 saturated carbocycles. The maximum Gasteiger partial charge on any atom is 0.263 e.